The highest BCUT2D eigenvalue weighted by Gasteiger charge is 2.08. The highest BCUT2D eigenvalue weighted by molar-refractivity contribution is 4.61. The molecule has 0 aliphatic heterocycles. The van der Waals surface area contributed by atoms with E-state index in [2.05, 4.69) is 41.5 Å². The minimum atomic E-state index is 0.881. The average Bonchev–Trinajstić information content (AvgIpc) is 2.47. The zero-order valence-corrected chi connectivity index (χ0v) is 17.5. The Morgan fingerprint density at radius 3 is 1.13 bits per heavy atom. The van der Waals surface area contributed by atoms with E-state index in [-0.39, 0.29) is 0 Å². The van der Waals surface area contributed by atoms with Gasteiger partial charge in [-0.1, -0.05) is 125 Å². The Hall–Kier alpha value is 0. The Morgan fingerprint density at radius 1 is 0.435 bits per heavy atom. The average molecular weight is 325 g/mol. The first kappa shape index (κ1) is 23.0. The Labute approximate surface area is 149 Å². The minimum Gasteiger partial charge on any atom is -0.0654 e. The first-order valence-corrected chi connectivity index (χ1v) is 11.0. The number of unbranched alkanes of at least 4 members (excludes halogenated alkanes) is 2. The van der Waals surface area contributed by atoms with Gasteiger partial charge in [0.1, 0.15) is 0 Å². The fourth-order valence-corrected chi connectivity index (χ4v) is 3.68. The van der Waals surface area contributed by atoms with Crippen LogP contribution in [-0.2, 0) is 0 Å². The van der Waals surface area contributed by atoms with Gasteiger partial charge in [0.2, 0.25) is 0 Å². The molecule has 0 heterocycles. The van der Waals surface area contributed by atoms with Crippen molar-refractivity contribution >= 4 is 0 Å². The SMILES string of the molecule is CCCCCC(C)CCCC(C)CCCC(C)CCCC(C)C. The van der Waals surface area contributed by atoms with E-state index in [1.165, 1.54) is 83.5 Å². The first-order valence-electron chi connectivity index (χ1n) is 11.0. The molecule has 3 atom stereocenters. The fraction of sp³-hybridized carbons (Fsp3) is 1.00. The number of hydrogen-bond donors (Lipinski definition) is 0. The first-order chi connectivity index (χ1) is 11.0. The summed E-state index contributed by atoms with van der Waals surface area (Å²) in [5, 5.41) is 0. The van der Waals surface area contributed by atoms with E-state index < -0.39 is 0 Å². The molecule has 23 heavy (non-hydrogen) atoms. The van der Waals surface area contributed by atoms with Gasteiger partial charge in [-0.15, -0.1) is 0 Å². The van der Waals surface area contributed by atoms with Crippen molar-refractivity contribution in [2.45, 2.75) is 125 Å². The van der Waals surface area contributed by atoms with E-state index in [1.807, 2.05) is 0 Å². The molecule has 0 bridgehead atoms. The predicted molar refractivity (Wildman–Crippen MR) is 108 cm³/mol. The molecule has 0 aliphatic carbocycles. The van der Waals surface area contributed by atoms with Crippen LogP contribution in [0.4, 0.5) is 0 Å². The molecule has 0 radical (unpaired) electrons. The molecule has 0 heteroatoms. The standard InChI is InChI=1S/C23H48/c1-7-8-9-14-21(4)16-11-18-23(6)19-12-17-22(5)15-10-13-20(2)3/h20-23H,7-19H2,1-6H3. The van der Waals surface area contributed by atoms with Gasteiger partial charge in [0, 0.05) is 0 Å². The van der Waals surface area contributed by atoms with E-state index in [0.29, 0.717) is 0 Å². The van der Waals surface area contributed by atoms with Crippen molar-refractivity contribution in [1.82, 2.24) is 0 Å². The van der Waals surface area contributed by atoms with Crippen LogP contribution in [-0.4, -0.2) is 0 Å². The third-order valence-electron chi connectivity index (χ3n) is 5.57. The largest absolute Gasteiger partial charge is 0.0654 e. The zero-order chi connectivity index (χ0) is 17.5. The molecule has 0 aromatic carbocycles. The molecule has 0 aliphatic rings. The van der Waals surface area contributed by atoms with Crippen LogP contribution in [0.3, 0.4) is 0 Å². The van der Waals surface area contributed by atoms with Crippen LogP contribution in [0, 0.1) is 23.7 Å². The normalized spacial score (nSPS) is 15.8. The molecule has 0 fully saturated rings. The molecule has 0 amide bonds. The van der Waals surface area contributed by atoms with Gasteiger partial charge in [0.15, 0.2) is 0 Å². The van der Waals surface area contributed by atoms with Gasteiger partial charge in [-0.25, -0.2) is 0 Å². The number of rotatable bonds is 16. The highest BCUT2D eigenvalue weighted by atomic mass is 14.1. The van der Waals surface area contributed by atoms with Crippen molar-refractivity contribution in [3.63, 3.8) is 0 Å². The van der Waals surface area contributed by atoms with Gasteiger partial charge >= 0.3 is 0 Å². The lowest BCUT2D eigenvalue weighted by atomic mass is 9.90. The molecule has 0 saturated heterocycles. The lowest BCUT2D eigenvalue weighted by Gasteiger charge is -2.16. The van der Waals surface area contributed by atoms with Crippen molar-refractivity contribution in [3.8, 4) is 0 Å². The molecule has 3 unspecified atom stereocenters. The topological polar surface area (TPSA) is 0 Å². The summed E-state index contributed by atoms with van der Waals surface area (Å²) in [5.41, 5.74) is 0. The molecule has 0 aromatic rings. The smallest absolute Gasteiger partial charge is 0.0443 e. The Kier molecular flexibility index (Phi) is 15.5. The van der Waals surface area contributed by atoms with Gasteiger partial charge in [0.05, 0.1) is 0 Å². The lowest BCUT2D eigenvalue weighted by molar-refractivity contribution is 0.371. The highest BCUT2D eigenvalue weighted by Crippen LogP contribution is 2.23. The monoisotopic (exact) mass is 324 g/mol. The quantitative estimate of drug-likeness (QED) is 0.249. The van der Waals surface area contributed by atoms with E-state index in [9.17, 15) is 0 Å². The Balaban J connectivity index is 3.47. The van der Waals surface area contributed by atoms with Crippen LogP contribution in [0.25, 0.3) is 0 Å². The van der Waals surface area contributed by atoms with E-state index in [0.717, 1.165) is 23.7 Å². The molecule has 0 aromatic heterocycles. The zero-order valence-electron chi connectivity index (χ0n) is 17.5. The van der Waals surface area contributed by atoms with Crippen LogP contribution in [0.1, 0.15) is 125 Å². The van der Waals surface area contributed by atoms with Crippen molar-refractivity contribution < 1.29 is 0 Å². The van der Waals surface area contributed by atoms with Crippen LogP contribution >= 0.6 is 0 Å². The van der Waals surface area contributed by atoms with Gasteiger partial charge in [0.25, 0.3) is 0 Å². The molecule has 0 rings (SSSR count). The fourth-order valence-electron chi connectivity index (χ4n) is 3.68. The summed E-state index contributed by atoms with van der Waals surface area (Å²) >= 11 is 0. The predicted octanol–water partition coefficient (Wildman–Crippen LogP) is 8.64. The summed E-state index contributed by atoms with van der Waals surface area (Å²) in [5.74, 6) is 3.72. The van der Waals surface area contributed by atoms with Gasteiger partial charge in [-0.3, -0.25) is 0 Å². The second-order valence-corrected chi connectivity index (χ2v) is 9.00. The minimum absolute atomic E-state index is 0.881. The summed E-state index contributed by atoms with van der Waals surface area (Å²) in [4.78, 5) is 0. The molecule has 140 valence electrons. The summed E-state index contributed by atoms with van der Waals surface area (Å²) in [6.07, 6.45) is 18.7. The third kappa shape index (κ3) is 16.6. The Bertz CT molecular complexity index is 230. The molecular formula is C23H48. The lowest BCUT2D eigenvalue weighted by Crippen LogP contribution is -2.01. The van der Waals surface area contributed by atoms with Crippen LogP contribution < -0.4 is 0 Å². The van der Waals surface area contributed by atoms with Gasteiger partial charge in [-0.05, 0) is 23.7 Å². The molecule has 0 spiro atoms. The van der Waals surface area contributed by atoms with Crippen molar-refractivity contribution in [3.05, 3.63) is 0 Å². The summed E-state index contributed by atoms with van der Waals surface area (Å²) in [6.45, 7) is 14.4. The van der Waals surface area contributed by atoms with Crippen LogP contribution in [0.2, 0.25) is 0 Å². The van der Waals surface area contributed by atoms with Crippen molar-refractivity contribution in [2.24, 2.45) is 23.7 Å². The van der Waals surface area contributed by atoms with E-state index in [4.69, 9.17) is 0 Å². The van der Waals surface area contributed by atoms with E-state index >= 15 is 0 Å². The summed E-state index contributed by atoms with van der Waals surface area (Å²) in [6, 6.07) is 0. The second kappa shape index (κ2) is 15.5. The van der Waals surface area contributed by atoms with Gasteiger partial charge < -0.3 is 0 Å². The van der Waals surface area contributed by atoms with Crippen LogP contribution in [0.15, 0.2) is 0 Å². The number of hydrogen-bond acceptors (Lipinski definition) is 0. The molecule has 0 saturated carbocycles. The molecular weight excluding hydrogens is 276 g/mol. The van der Waals surface area contributed by atoms with Crippen LogP contribution in [0.5, 0.6) is 0 Å². The molecule has 0 N–H and O–H groups in total. The maximum Gasteiger partial charge on any atom is -0.0443 e. The molecule has 0 nitrogen and oxygen atoms in total. The van der Waals surface area contributed by atoms with Crippen molar-refractivity contribution in [1.29, 1.82) is 0 Å². The second-order valence-electron chi connectivity index (χ2n) is 9.00. The summed E-state index contributed by atoms with van der Waals surface area (Å²) < 4.78 is 0. The van der Waals surface area contributed by atoms with Gasteiger partial charge in [-0.2, -0.15) is 0 Å². The van der Waals surface area contributed by atoms with E-state index in [1.54, 1.807) is 0 Å². The maximum absolute atomic E-state index is 2.48. The summed E-state index contributed by atoms with van der Waals surface area (Å²) in [7, 11) is 0. The Morgan fingerprint density at radius 2 is 0.783 bits per heavy atom. The van der Waals surface area contributed by atoms with Crippen molar-refractivity contribution in [2.75, 3.05) is 0 Å². The maximum atomic E-state index is 2.48. The third-order valence-corrected chi connectivity index (χ3v) is 5.57.